The monoisotopic (exact) mass is 220 g/mol. The van der Waals surface area contributed by atoms with Gasteiger partial charge in [-0.1, -0.05) is 32.4 Å². The number of epoxide rings is 1. The lowest BCUT2D eigenvalue weighted by Gasteiger charge is -2.51. The molecule has 3 aliphatic rings. The first-order valence-electron chi connectivity index (χ1n) is 6.65. The molecule has 0 bridgehead atoms. The van der Waals surface area contributed by atoms with Crippen LogP contribution in [-0.2, 0) is 4.74 Å². The van der Waals surface area contributed by atoms with Crippen molar-refractivity contribution in [2.45, 2.75) is 71.5 Å². The molecule has 0 N–H and O–H groups in total. The maximum Gasteiger partial charge on any atom is 0.112 e. The highest BCUT2D eigenvalue weighted by atomic mass is 16.6. The smallest absolute Gasteiger partial charge is 0.112 e. The summed E-state index contributed by atoms with van der Waals surface area (Å²) < 4.78 is 6.38. The van der Waals surface area contributed by atoms with Crippen molar-refractivity contribution in [2.75, 3.05) is 0 Å². The Morgan fingerprint density at radius 2 is 1.75 bits per heavy atom. The summed E-state index contributed by atoms with van der Waals surface area (Å²) >= 11 is 0. The number of rotatable bonds is 1. The number of allylic oxidation sites excluding steroid dienone is 1. The largest absolute Gasteiger partial charge is 0.361 e. The standard InChI is InChI=1S/C15H24O/c1-11-9-13(4,10-11)15-12(2,3)7-6-8-14(15,5)16-15/h9H,6-8,10H2,1-5H3/t13?,14-,15-/m0/s1. The predicted octanol–water partition coefficient (Wildman–Crippen LogP) is 4.08. The Bertz CT molecular complexity index is 381. The quantitative estimate of drug-likeness (QED) is 0.479. The zero-order chi connectivity index (χ0) is 11.8. The first-order valence-corrected chi connectivity index (χ1v) is 6.65. The number of hydrogen-bond acceptors (Lipinski definition) is 1. The summed E-state index contributed by atoms with van der Waals surface area (Å²) in [5, 5.41) is 0. The van der Waals surface area contributed by atoms with Crippen molar-refractivity contribution in [3.8, 4) is 0 Å². The number of hydrogen-bond donors (Lipinski definition) is 0. The van der Waals surface area contributed by atoms with Gasteiger partial charge in [-0.3, -0.25) is 0 Å². The van der Waals surface area contributed by atoms with E-state index in [1.165, 1.54) is 31.3 Å². The van der Waals surface area contributed by atoms with Gasteiger partial charge in [-0.05, 0) is 44.9 Å². The summed E-state index contributed by atoms with van der Waals surface area (Å²) in [4.78, 5) is 0. The number of ether oxygens (including phenoxy) is 1. The van der Waals surface area contributed by atoms with Crippen LogP contribution < -0.4 is 0 Å². The summed E-state index contributed by atoms with van der Waals surface area (Å²) in [5.74, 6) is 0. The van der Waals surface area contributed by atoms with Gasteiger partial charge >= 0.3 is 0 Å². The predicted molar refractivity (Wildman–Crippen MR) is 66.3 cm³/mol. The Hall–Kier alpha value is -0.300. The third-order valence-electron chi connectivity index (χ3n) is 5.51. The van der Waals surface area contributed by atoms with Gasteiger partial charge in [-0.25, -0.2) is 0 Å². The van der Waals surface area contributed by atoms with Crippen LogP contribution in [0.2, 0.25) is 0 Å². The van der Waals surface area contributed by atoms with Gasteiger partial charge in [0, 0.05) is 5.41 Å². The van der Waals surface area contributed by atoms with Crippen LogP contribution in [0, 0.1) is 10.8 Å². The average Bonchev–Trinajstić information content (AvgIpc) is 2.72. The molecule has 0 aromatic heterocycles. The Morgan fingerprint density at radius 1 is 1.12 bits per heavy atom. The molecule has 0 radical (unpaired) electrons. The summed E-state index contributed by atoms with van der Waals surface area (Å²) in [6.45, 7) is 11.8. The normalized spacial score (nSPS) is 53.7. The molecule has 1 heterocycles. The topological polar surface area (TPSA) is 12.5 Å². The lowest BCUT2D eigenvalue weighted by molar-refractivity contribution is 0.0201. The van der Waals surface area contributed by atoms with Crippen LogP contribution in [-0.4, -0.2) is 11.2 Å². The molecule has 16 heavy (non-hydrogen) atoms. The maximum absolute atomic E-state index is 6.38. The lowest BCUT2D eigenvalue weighted by Crippen LogP contribution is -2.55. The van der Waals surface area contributed by atoms with Crippen LogP contribution >= 0.6 is 0 Å². The fraction of sp³-hybridized carbons (Fsp3) is 0.867. The van der Waals surface area contributed by atoms with Crippen LogP contribution in [0.25, 0.3) is 0 Å². The highest BCUT2D eigenvalue weighted by Gasteiger charge is 2.81. The van der Waals surface area contributed by atoms with Crippen LogP contribution in [0.4, 0.5) is 0 Å². The minimum atomic E-state index is 0.116. The van der Waals surface area contributed by atoms with E-state index in [4.69, 9.17) is 4.74 Å². The van der Waals surface area contributed by atoms with Gasteiger partial charge < -0.3 is 4.74 Å². The van der Waals surface area contributed by atoms with E-state index in [1.54, 1.807) is 0 Å². The third-order valence-corrected chi connectivity index (χ3v) is 5.51. The maximum atomic E-state index is 6.38. The van der Waals surface area contributed by atoms with Gasteiger partial charge in [0.25, 0.3) is 0 Å². The van der Waals surface area contributed by atoms with Crippen LogP contribution in [0.15, 0.2) is 11.6 Å². The Labute approximate surface area is 99.3 Å². The molecule has 2 fully saturated rings. The summed E-state index contributed by atoms with van der Waals surface area (Å²) in [6.07, 6.45) is 7.57. The first kappa shape index (κ1) is 10.8. The molecular formula is C15H24O. The van der Waals surface area contributed by atoms with Crippen molar-refractivity contribution in [3.63, 3.8) is 0 Å². The highest BCUT2D eigenvalue weighted by Crippen LogP contribution is 2.75. The van der Waals surface area contributed by atoms with Crippen molar-refractivity contribution in [1.29, 1.82) is 0 Å². The Balaban J connectivity index is 2.05. The van der Waals surface area contributed by atoms with Crippen molar-refractivity contribution >= 4 is 0 Å². The molecule has 0 amide bonds. The third kappa shape index (κ3) is 0.932. The molecule has 0 aromatic carbocycles. The van der Waals surface area contributed by atoms with E-state index < -0.39 is 0 Å². The van der Waals surface area contributed by atoms with E-state index in [0.29, 0.717) is 5.41 Å². The second-order valence-electron chi connectivity index (χ2n) is 7.34. The van der Waals surface area contributed by atoms with Gasteiger partial charge in [0.1, 0.15) is 5.60 Å². The van der Waals surface area contributed by atoms with E-state index in [-0.39, 0.29) is 16.6 Å². The van der Waals surface area contributed by atoms with E-state index in [2.05, 4.69) is 40.7 Å². The molecule has 1 aliphatic heterocycles. The second kappa shape index (κ2) is 2.58. The van der Waals surface area contributed by atoms with Crippen molar-refractivity contribution in [2.24, 2.45) is 10.8 Å². The van der Waals surface area contributed by atoms with E-state index in [9.17, 15) is 0 Å². The fourth-order valence-corrected chi connectivity index (χ4v) is 5.25. The van der Waals surface area contributed by atoms with Gasteiger partial charge in [0.15, 0.2) is 0 Å². The minimum absolute atomic E-state index is 0.116. The molecule has 1 saturated heterocycles. The average molecular weight is 220 g/mol. The molecule has 1 saturated carbocycles. The van der Waals surface area contributed by atoms with Crippen LogP contribution in [0.1, 0.15) is 60.3 Å². The SMILES string of the molecule is CC1=CC(C)([C@]23O[C@@]2(C)CCCC3(C)C)C1. The summed E-state index contributed by atoms with van der Waals surface area (Å²) in [5.41, 5.74) is 2.42. The molecule has 3 atom stereocenters. The molecule has 90 valence electrons. The second-order valence-corrected chi connectivity index (χ2v) is 7.34. The van der Waals surface area contributed by atoms with Gasteiger partial charge in [-0.15, -0.1) is 0 Å². The van der Waals surface area contributed by atoms with Gasteiger partial charge in [-0.2, -0.15) is 0 Å². The van der Waals surface area contributed by atoms with Crippen molar-refractivity contribution < 1.29 is 4.74 Å². The van der Waals surface area contributed by atoms with Crippen LogP contribution in [0.3, 0.4) is 0 Å². The van der Waals surface area contributed by atoms with Gasteiger partial charge in [0.2, 0.25) is 0 Å². The molecule has 1 nitrogen and oxygen atoms in total. The zero-order valence-electron chi connectivity index (χ0n) is 11.3. The van der Waals surface area contributed by atoms with Gasteiger partial charge in [0.05, 0.1) is 5.60 Å². The van der Waals surface area contributed by atoms with E-state index >= 15 is 0 Å². The Morgan fingerprint density at radius 3 is 2.25 bits per heavy atom. The molecule has 0 aromatic rings. The molecule has 1 heteroatoms. The summed E-state index contributed by atoms with van der Waals surface area (Å²) in [6, 6.07) is 0. The molecular weight excluding hydrogens is 196 g/mol. The molecule has 2 aliphatic carbocycles. The van der Waals surface area contributed by atoms with Crippen LogP contribution in [0.5, 0.6) is 0 Å². The first-order chi connectivity index (χ1) is 7.27. The zero-order valence-corrected chi connectivity index (χ0v) is 11.3. The van der Waals surface area contributed by atoms with Crippen molar-refractivity contribution in [1.82, 2.24) is 0 Å². The van der Waals surface area contributed by atoms with E-state index in [0.717, 1.165) is 0 Å². The fourth-order valence-electron chi connectivity index (χ4n) is 5.25. The summed E-state index contributed by atoms with van der Waals surface area (Å²) in [7, 11) is 0. The van der Waals surface area contributed by atoms with E-state index in [1.807, 2.05) is 0 Å². The molecule has 0 spiro atoms. The van der Waals surface area contributed by atoms with Crippen molar-refractivity contribution in [3.05, 3.63) is 11.6 Å². The minimum Gasteiger partial charge on any atom is -0.361 e. The Kier molecular flexibility index (Phi) is 1.75. The highest BCUT2D eigenvalue weighted by molar-refractivity contribution is 5.38. The molecule has 3 rings (SSSR count). The lowest BCUT2D eigenvalue weighted by atomic mass is 9.50. The number of fused-ring (bicyclic) bond motifs is 1. The molecule has 1 unspecified atom stereocenters.